The van der Waals surface area contributed by atoms with E-state index in [4.69, 9.17) is 4.74 Å². The van der Waals surface area contributed by atoms with Crippen molar-refractivity contribution in [1.82, 2.24) is 0 Å². The minimum Gasteiger partial charge on any atom is -0.479 e. The molecule has 0 saturated heterocycles. The lowest BCUT2D eigenvalue weighted by molar-refractivity contribution is -0.125. The smallest absolute Gasteiger partial charge is 0.267 e. The highest BCUT2D eigenvalue weighted by atomic mass is 16.5. The number of amides is 2. The van der Waals surface area contributed by atoms with Gasteiger partial charge in [-0.25, -0.2) is 0 Å². The van der Waals surface area contributed by atoms with Gasteiger partial charge in [-0.15, -0.1) is 0 Å². The van der Waals surface area contributed by atoms with Crippen molar-refractivity contribution in [2.75, 3.05) is 16.8 Å². The number of carbonyl (C=O) groups excluding carboxylic acids is 2. The molecule has 0 saturated carbocycles. The van der Waals surface area contributed by atoms with Crippen molar-refractivity contribution in [2.24, 2.45) is 5.92 Å². The molecule has 1 aromatic rings. The van der Waals surface area contributed by atoms with Gasteiger partial charge in [-0.1, -0.05) is 13.8 Å². The quantitative estimate of drug-likeness (QED) is 0.922. The number of anilines is 2. The van der Waals surface area contributed by atoms with Crippen LogP contribution in [0.2, 0.25) is 0 Å². The van der Waals surface area contributed by atoms with Crippen molar-refractivity contribution < 1.29 is 14.3 Å². The molecule has 2 amide bonds. The molecular formula is C15H20N2O3. The zero-order chi connectivity index (χ0) is 14.9. The Morgan fingerprint density at radius 2 is 2.15 bits per heavy atom. The molecule has 0 fully saturated rings. The molecule has 0 bridgehead atoms. The van der Waals surface area contributed by atoms with Gasteiger partial charge in [0.25, 0.3) is 5.91 Å². The van der Waals surface area contributed by atoms with Gasteiger partial charge in [0.1, 0.15) is 5.75 Å². The van der Waals surface area contributed by atoms with E-state index in [1.165, 1.54) is 0 Å². The summed E-state index contributed by atoms with van der Waals surface area (Å²) in [6, 6.07) is 5.36. The summed E-state index contributed by atoms with van der Waals surface area (Å²) in [5.41, 5.74) is 1.43. The Hall–Kier alpha value is -2.04. The topological polar surface area (TPSA) is 58.6 Å². The first-order chi connectivity index (χ1) is 9.43. The average Bonchev–Trinajstić information content (AvgIpc) is 2.40. The third kappa shape index (κ3) is 2.61. The van der Waals surface area contributed by atoms with Crippen molar-refractivity contribution in [1.29, 1.82) is 0 Å². The Bertz CT molecular complexity index is 540. The molecule has 2 rings (SSSR count). The number of nitrogens with zero attached hydrogens (tertiary/aromatic N) is 1. The Balaban J connectivity index is 2.30. The van der Waals surface area contributed by atoms with Crippen molar-refractivity contribution in [2.45, 2.75) is 33.8 Å². The van der Waals surface area contributed by atoms with Crippen molar-refractivity contribution in [3.63, 3.8) is 0 Å². The van der Waals surface area contributed by atoms with Crippen LogP contribution in [0.3, 0.4) is 0 Å². The molecule has 1 atom stereocenters. The fraction of sp³-hybridized carbons (Fsp3) is 0.467. The van der Waals surface area contributed by atoms with E-state index in [1.807, 2.05) is 20.8 Å². The lowest BCUT2D eigenvalue weighted by atomic mass is 10.1. The number of ether oxygens (including phenoxy) is 1. The van der Waals surface area contributed by atoms with Crippen LogP contribution in [0.25, 0.3) is 0 Å². The fourth-order valence-electron chi connectivity index (χ4n) is 2.10. The summed E-state index contributed by atoms with van der Waals surface area (Å²) < 4.78 is 5.62. The molecule has 1 aromatic carbocycles. The number of carbonyl (C=O) groups is 2. The maximum atomic E-state index is 12.0. The number of hydrogen-bond donors (Lipinski definition) is 1. The molecule has 0 spiro atoms. The Morgan fingerprint density at radius 3 is 2.75 bits per heavy atom. The Labute approximate surface area is 118 Å². The Kier molecular flexibility index (Phi) is 3.97. The normalized spacial score (nSPS) is 17.8. The van der Waals surface area contributed by atoms with Gasteiger partial charge in [-0.2, -0.15) is 0 Å². The molecule has 20 heavy (non-hydrogen) atoms. The van der Waals surface area contributed by atoms with E-state index in [9.17, 15) is 9.59 Å². The summed E-state index contributed by atoms with van der Waals surface area (Å²) in [6.45, 7) is 7.92. The zero-order valence-corrected chi connectivity index (χ0v) is 12.3. The molecule has 1 heterocycles. The van der Waals surface area contributed by atoms with E-state index < -0.39 is 6.10 Å². The van der Waals surface area contributed by atoms with E-state index in [1.54, 1.807) is 30.0 Å². The van der Waals surface area contributed by atoms with Crippen LogP contribution < -0.4 is 15.0 Å². The predicted octanol–water partition coefficient (Wildman–Crippen LogP) is 2.41. The van der Waals surface area contributed by atoms with Crippen LogP contribution >= 0.6 is 0 Å². The highest BCUT2D eigenvalue weighted by molar-refractivity contribution is 6.00. The van der Waals surface area contributed by atoms with Crippen LogP contribution in [0.5, 0.6) is 5.75 Å². The van der Waals surface area contributed by atoms with Crippen molar-refractivity contribution in [3.8, 4) is 5.75 Å². The average molecular weight is 276 g/mol. The first-order valence-electron chi connectivity index (χ1n) is 6.87. The van der Waals surface area contributed by atoms with Gasteiger partial charge in [-0.3, -0.25) is 9.59 Å². The van der Waals surface area contributed by atoms with E-state index in [-0.39, 0.29) is 17.7 Å². The third-order valence-electron chi connectivity index (χ3n) is 3.28. The van der Waals surface area contributed by atoms with E-state index >= 15 is 0 Å². The minimum atomic E-state index is -0.501. The zero-order valence-electron chi connectivity index (χ0n) is 12.3. The van der Waals surface area contributed by atoms with Crippen LogP contribution in [0.1, 0.15) is 27.7 Å². The molecule has 108 valence electrons. The summed E-state index contributed by atoms with van der Waals surface area (Å²) in [5.74, 6) is 0.455. The van der Waals surface area contributed by atoms with Crippen molar-refractivity contribution >= 4 is 23.2 Å². The van der Waals surface area contributed by atoms with Gasteiger partial charge in [0.05, 0.1) is 5.69 Å². The lowest BCUT2D eigenvalue weighted by Gasteiger charge is -2.32. The second-order valence-electron chi connectivity index (χ2n) is 5.17. The van der Waals surface area contributed by atoms with Gasteiger partial charge >= 0.3 is 0 Å². The van der Waals surface area contributed by atoms with E-state index in [0.29, 0.717) is 18.0 Å². The van der Waals surface area contributed by atoms with E-state index in [0.717, 1.165) is 5.69 Å². The van der Waals surface area contributed by atoms with Crippen LogP contribution in [0, 0.1) is 5.92 Å². The fourth-order valence-corrected chi connectivity index (χ4v) is 2.10. The number of benzene rings is 1. The highest BCUT2D eigenvalue weighted by Gasteiger charge is 2.30. The number of likely N-dealkylation sites (N-methyl/N-ethyl adjacent to an activating group) is 1. The van der Waals surface area contributed by atoms with Crippen LogP contribution in [-0.2, 0) is 9.59 Å². The molecule has 0 aliphatic carbocycles. The Morgan fingerprint density at radius 1 is 1.45 bits per heavy atom. The molecule has 1 aliphatic heterocycles. The van der Waals surface area contributed by atoms with Gasteiger partial charge in [0.2, 0.25) is 5.91 Å². The standard InChI is InChI=1S/C15H20N2O3/c1-5-17-12-7-6-11(16-14(18)9(2)3)8-13(12)20-10(4)15(17)19/h6-10H,5H2,1-4H3,(H,16,18). The lowest BCUT2D eigenvalue weighted by Crippen LogP contribution is -2.44. The minimum absolute atomic E-state index is 0.0426. The molecule has 5 heteroatoms. The predicted molar refractivity (Wildman–Crippen MR) is 78.0 cm³/mol. The summed E-state index contributed by atoms with van der Waals surface area (Å²) in [4.78, 5) is 25.4. The number of fused-ring (bicyclic) bond motifs is 1. The molecule has 0 radical (unpaired) electrons. The summed E-state index contributed by atoms with van der Waals surface area (Å²) in [7, 11) is 0. The van der Waals surface area contributed by atoms with Crippen LogP contribution in [-0.4, -0.2) is 24.5 Å². The highest BCUT2D eigenvalue weighted by Crippen LogP contribution is 2.36. The van der Waals surface area contributed by atoms with Crippen molar-refractivity contribution in [3.05, 3.63) is 18.2 Å². The molecule has 0 aromatic heterocycles. The second kappa shape index (κ2) is 5.53. The van der Waals surface area contributed by atoms with Gasteiger partial charge < -0.3 is 15.0 Å². The number of rotatable bonds is 3. The number of hydrogen-bond acceptors (Lipinski definition) is 3. The van der Waals surface area contributed by atoms with Gasteiger partial charge in [-0.05, 0) is 26.0 Å². The number of nitrogens with one attached hydrogen (secondary N) is 1. The summed E-state index contributed by atoms with van der Waals surface area (Å²) >= 11 is 0. The largest absolute Gasteiger partial charge is 0.479 e. The SMILES string of the molecule is CCN1C(=O)C(C)Oc2cc(NC(=O)C(C)C)ccc21. The molecule has 1 unspecified atom stereocenters. The monoisotopic (exact) mass is 276 g/mol. The maximum Gasteiger partial charge on any atom is 0.267 e. The summed E-state index contributed by atoms with van der Waals surface area (Å²) in [6.07, 6.45) is -0.501. The molecule has 5 nitrogen and oxygen atoms in total. The van der Waals surface area contributed by atoms with E-state index in [2.05, 4.69) is 5.32 Å². The van der Waals surface area contributed by atoms with Crippen LogP contribution in [0.15, 0.2) is 18.2 Å². The van der Waals surface area contributed by atoms with Crippen LogP contribution in [0.4, 0.5) is 11.4 Å². The maximum absolute atomic E-state index is 12.0. The molecular weight excluding hydrogens is 256 g/mol. The third-order valence-corrected chi connectivity index (χ3v) is 3.28. The first-order valence-corrected chi connectivity index (χ1v) is 6.87. The van der Waals surface area contributed by atoms with Gasteiger partial charge in [0.15, 0.2) is 6.10 Å². The molecule has 1 aliphatic rings. The van der Waals surface area contributed by atoms with Gasteiger partial charge in [0, 0.05) is 24.2 Å². The summed E-state index contributed by atoms with van der Waals surface area (Å²) in [5, 5.41) is 2.83. The molecule has 1 N–H and O–H groups in total. The second-order valence-corrected chi connectivity index (χ2v) is 5.17. The first kappa shape index (κ1) is 14.4.